The second kappa shape index (κ2) is 5.84. The predicted octanol–water partition coefficient (Wildman–Crippen LogP) is 0.833. The lowest BCUT2D eigenvalue weighted by Crippen LogP contribution is -2.23. The monoisotopic (exact) mass is 227 g/mol. The van der Waals surface area contributed by atoms with Crippen molar-refractivity contribution in [3.8, 4) is 5.75 Å². The van der Waals surface area contributed by atoms with Crippen LogP contribution in [0.4, 0.5) is 0 Å². The molecular formula is C10H13NO5. The van der Waals surface area contributed by atoms with E-state index in [1.54, 1.807) is 0 Å². The van der Waals surface area contributed by atoms with E-state index in [0.717, 1.165) is 0 Å². The number of carboxylic acid groups (broad SMARTS) is 1. The molecule has 0 heterocycles. The Labute approximate surface area is 92.1 Å². The van der Waals surface area contributed by atoms with Crippen molar-refractivity contribution in [2.45, 2.75) is 13.0 Å². The van der Waals surface area contributed by atoms with Crippen LogP contribution in [0.1, 0.15) is 17.3 Å². The number of hydrogen-bond acceptors (Lipinski definition) is 5. The molecule has 16 heavy (non-hydrogen) atoms. The summed E-state index contributed by atoms with van der Waals surface area (Å²) in [5.41, 5.74) is -0.119. The van der Waals surface area contributed by atoms with Gasteiger partial charge in [0.15, 0.2) is 0 Å². The maximum Gasteiger partial charge on any atom is 0.340 e. The highest BCUT2D eigenvalue weighted by molar-refractivity contribution is 5.92. The Morgan fingerprint density at radius 2 is 1.88 bits per heavy atom. The summed E-state index contributed by atoms with van der Waals surface area (Å²) >= 11 is 0. The summed E-state index contributed by atoms with van der Waals surface area (Å²) in [6.07, 6.45) is -1.29. The summed E-state index contributed by atoms with van der Waals surface area (Å²) < 4.78 is 4.70. The van der Waals surface area contributed by atoms with Crippen molar-refractivity contribution < 1.29 is 24.5 Å². The Hall–Kier alpha value is -1.92. The smallest absolute Gasteiger partial charge is 0.340 e. The molecule has 1 aromatic carbocycles. The highest BCUT2D eigenvalue weighted by Gasteiger charge is 2.16. The molecule has 0 saturated carbocycles. The van der Waals surface area contributed by atoms with Gasteiger partial charge in [0.2, 0.25) is 0 Å². The molecule has 1 aromatic rings. The van der Waals surface area contributed by atoms with Crippen molar-refractivity contribution in [1.29, 1.82) is 0 Å². The first-order valence-electron chi connectivity index (χ1n) is 4.24. The molecule has 0 aliphatic rings. The summed E-state index contributed by atoms with van der Waals surface area (Å²) in [5.74, 6) is -2.15. The van der Waals surface area contributed by atoms with Gasteiger partial charge >= 0.3 is 11.9 Å². The molecule has 0 aliphatic carbocycles. The molecule has 0 spiro atoms. The fourth-order valence-electron chi connectivity index (χ4n) is 0.926. The average Bonchev–Trinajstić information content (AvgIpc) is 2.18. The molecule has 1 unspecified atom stereocenters. The zero-order chi connectivity index (χ0) is 11.4. The topological polar surface area (TPSA) is 119 Å². The van der Waals surface area contributed by atoms with Gasteiger partial charge in [-0.15, -0.1) is 0 Å². The molecule has 1 rings (SSSR count). The first-order valence-corrected chi connectivity index (χ1v) is 4.24. The van der Waals surface area contributed by atoms with Crippen LogP contribution in [-0.2, 0) is 4.79 Å². The largest absolute Gasteiger partial charge is 0.478 e. The van der Waals surface area contributed by atoms with E-state index in [1.165, 1.54) is 31.2 Å². The molecule has 1 atom stereocenters. The van der Waals surface area contributed by atoms with Crippen LogP contribution < -0.4 is 10.9 Å². The number of hydrogen-bond donors (Lipinski definition) is 3. The highest BCUT2D eigenvalue weighted by Crippen LogP contribution is 2.18. The average molecular weight is 227 g/mol. The van der Waals surface area contributed by atoms with E-state index in [0.29, 0.717) is 0 Å². The Bertz CT molecular complexity index is 389. The normalized spacial score (nSPS) is 11.1. The van der Waals surface area contributed by atoms with E-state index in [9.17, 15) is 9.59 Å². The maximum absolute atomic E-state index is 11.0. The number of aliphatic hydroxyl groups is 1. The molecule has 6 nitrogen and oxygen atoms in total. The van der Waals surface area contributed by atoms with Gasteiger partial charge in [0.1, 0.15) is 17.4 Å². The Morgan fingerprint density at radius 1 is 1.31 bits per heavy atom. The Morgan fingerprint density at radius 3 is 2.38 bits per heavy atom. The Balaban J connectivity index is 0.00000225. The minimum absolute atomic E-state index is 0. The lowest BCUT2D eigenvalue weighted by molar-refractivity contribution is -0.142. The van der Waals surface area contributed by atoms with Gasteiger partial charge in [0.05, 0.1) is 0 Å². The molecule has 0 saturated heterocycles. The van der Waals surface area contributed by atoms with E-state index in [4.69, 9.17) is 14.9 Å². The summed E-state index contributed by atoms with van der Waals surface area (Å²) in [4.78, 5) is 21.7. The van der Waals surface area contributed by atoms with E-state index >= 15 is 0 Å². The van der Waals surface area contributed by atoms with Gasteiger partial charge in [0.25, 0.3) is 0 Å². The molecule has 0 fully saturated rings. The third kappa shape index (κ3) is 3.34. The van der Waals surface area contributed by atoms with Crippen LogP contribution in [0.5, 0.6) is 5.75 Å². The van der Waals surface area contributed by atoms with Crippen LogP contribution in [0.15, 0.2) is 24.3 Å². The summed E-state index contributed by atoms with van der Waals surface area (Å²) in [6, 6.07) is 5.72. The number of carbonyl (C=O) groups is 2. The molecule has 0 aromatic heterocycles. The molecule has 0 aliphatic heterocycles. The van der Waals surface area contributed by atoms with E-state index in [1.807, 2.05) is 0 Å². The molecule has 6 heteroatoms. The standard InChI is InChI=1S/C10H10O5.H3N/c1-6(11)10(14)15-8-5-3-2-4-7(8)9(12)13;/h2-6,11H,1H3,(H,12,13);1H3. The van der Waals surface area contributed by atoms with Gasteiger partial charge < -0.3 is 21.1 Å². The highest BCUT2D eigenvalue weighted by atomic mass is 16.5. The van der Waals surface area contributed by atoms with Gasteiger partial charge in [-0.05, 0) is 19.1 Å². The Kier molecular flexibility index (Phi) is 5.14. The van der Waals surface area contributed by atoms with Gasteiger partial charge in [-0.1, -0.05) is 12.1 Å². The van der Waals surface area contributed by atoms with Crippen LogP contribution in [0.3, 0.4) is 0 Å². The van der Waals surface area contributed by atoms with Crippen LogP contribution in [0, 0.1) is 0 Å². The molecular weight excluding hydrogens is 214 g/mol. The second-order valence-corrected chi connectivity index (χ2v) is 2.90. The number of para-hydroxylation sites is 1. The molecule has 0 radical (unpaired) electrons. The van der Waals surface area contributed by atoms with Crippen molar-refractivity contribution in [3.05, 3.63) is 29.8 Å². The second-order valence-electron chi connectivity index (χ2n) is 2.90. The first-order chi connectivity index (χ1) is 7.02. The van der Waals surface area contributed by atoms with Crippen LogP contribution in [-0.4, -0.2) is 28.3 Å². The lowest BCUT2D eigenvalue weighted by atomic mass is 10.2. The van der Waals surface area contributed by atoms with Crippen molar-refractivity contribution in [2.75, 3.05) is 0 Å². The maximum atomic E-state index is 11.0. The molecule has 0 bridgehead atoms. The van der Waals surface area contributed by atoms with Gasteiger partial charge in [-0.2, -0.15) is 0 Å². The zero-order valence-corrected chi connectivity index (χ0v) is 8.71. The van der Waals surface area contributed by atoms with Crippen molar-refractivity contribution >= 4 is 11.9 Å². The van der Waals surface area contributed by atoms with Gasteiger partial charge in [0, 0.05) is 0 Å². The molecule has 88 valence electrons. The fourth-order valence-corrected chi connectivity index (χ4v) is 0.926. The fraction of sp³-hybridized carbons (Fsp3) is 0.200. The molecule has 0 amide bonds. The van der Waals surface area contributed by atoms with E-state index < -0.39 is 18.0 Å². The predicted molar refractivity (Wildman–Crippen MR) is 55.7 cm³/mol. The van der Waals surface area contributed by atoms with E-state index in [-0.39, 0.29) is 17.5 Å². The summed E-state index contributed by atoms with van der Waals surface area (Å²) in [6.45, 7) is 1.24. The van der Waals surface area contributed by atoms with Crippen LogP contribution in [0.2, 0.25) is 0 Å². The van der Waals surface area contributed by atoms with Gasteiger partial charge in [-0.3, -0.25) is 0 Å². The lowest BCUT2D eigenvalue weighted by Gasteiger charge is -2.08. The van der Waals surface area contributed by atoms with Crippen molar-refractivity contribution in [2.24, 2.45) is 0 Å². The number of carbonyl (C=O) groups excluding carboxylic acids is 1. The third-order valence-corrected chi connectivity index (χ3v) is 1.67. The third-order valence-electron chi connectivity index (χ3n) is 1.67. The SMILES string of the molecule is CC(O)C(=O)Oc1ccccc1C(=O)O.N. The number of aliphatic hydroxyl groups excluding tert-OH is 1. The van der Waals surface area contributed by atoms with Crippen molar-refractivity contribution in [3.63, 3.8) is 0 Å². The number of aromatic carboxylic acids is 1. The first kappa shape index (κ1) is 14.1. The number of ether oxygens (including phenoxy) is 1. The van der Waals surface area contributed by atoms with E-state index in [2.05, 4.69) is 0 Å². The number of rotatable bonds is 3. The quantitative estimate of drug-likeness (QED) is 0.519. The molecule has 5 N–H and O–H groups in total. The minimum Gasteiger partial charge on any atom is -0.478 e. The zero-order valence-electron chi connectivity index (χ0n) is 8.71. The minimum atomic E-state index is -1.29. The van der Waals surface area contributed by atoms with Crippen LogP contribution >= 0.6 is 0 Å². The van der Waals surface area contributed by atoms with Crippen molar-refractivity contribution in [1.82, 2.24) is 6.15 Å². The van der Waals surface area contributed by atoms with Crippen LogP contribution in [0.25, 0.3) is 0 Å². The number of carboxylic acids is 1. The number of esters is 1. The summed E-state index contributed by atoms with van der Waals surface area (Å²) in [5, 5.41) is 17.7. The summed E-state index contributed by atoms with van der Waals surface area (Å²) in [7, 11) is 0. The number of benzene rings is 1. The van der Waals surface area contributed by atoms with Gasteiger partial charge in [-0.25, -0.2) is 9.59 Å².